The van der Waals surface area contributed by atoms with Crippen molar-refractivity contribution in [2.24, 2.45) is 7.05 Å². The molecule has 33 heavy (non-hydrogen) atoms. The first-order valence-corrected chi connectivity index (χ1v) is 11.8. The second-order valence-corrected chi connectivity index (χ2v) is 8.78. The van der Waals surface area contributed by atoms with Crippen LogP contribution >= 0.6 is 23.2 Å². The van der Waals surface area contributed by atoms with Crippen LogP contribution in [0.25, 0.3) is 11.4 Å². The Morgan fingerprint density at radius 2 is 2.00 bits per heavy atom. The highest BCUT2D eigenvalue weighted by atomic mass is 35.5. The number of aryl methyl sites for hydroxylation is 1. The van der Waals surface area contributed by atoms with Gasteiger partial charge in [-0.2, -0.15) is 0 Å². The number of ether oxygens (including phenoxy) is 1. The highest BCUT2D eigenvalue weighted by molar-refractivity contribution is 6.36. The summed E-state index contributed by atoms with van der Waals surface area (Å²) in [5, 5.41) is 4.44. The molecule has 0 radical (unpaired) electrons. The summed E-state index contributed by atoms with van der Waals surface area (Å²) in [5.74, 6) is 1.40. The van der Waals surface area contributed by atoms with E-state index in [0.717, 1.165) is 5.82 Å². The van der Waals surface area contributed by atoms with E-state index < -0.39 is 0 Å². The molecule has 1 aliphatic rings. The van der Waals surface area contributed by atoms with Crippen molar-refractivity contribution in [2.75, 3.05) is 29.9 Å². The topological polar surface area (TPSA) is 72.3 Å². The van der Waals surface area contributed by atoms with Crippen LogP contribution in [0.3, 0.4) is 0 Å². The standard InChI is InChI=1S/C24H27Cl2N5O2/c1-4-18-22(24(32)30(3)23(29-18)16-10-9-15(25)12-17(16)26)28-19-13-31(14-20(19)33-5-2)21-8-6-7-11-27-21/h6-12,19-20,28H,4-5,13-14H2,1-3H3. The summed E-state index contributed by atoms with van der Waals surface area (Å²) < 4.78 is 7.54. The lowest BCUT2D eigenvalue weighted by Crippen LogP contribution is -2.38. The van der Waals surface area contributed by atoms with Gasteiger partial charge in [0.2, 0.25) is 0 Å². The lowest BCUT2D eigenvalue weighted by atomic mass is 10.1. The summed E-state index contributed by atoms with van der Waals surface area (Å²) in [4.78, 5) is 24.9. The van der Waals surface area contributed by atoms with E-state index in [1.165, 1.54) is 4.57 Å². The minimum Gasteiger partial charge on any atom is -0.374 e. The molecule has 0 aliphatic carbocycles. The van der Waals surface area contributed by atoms with Crippen LogP contribution in [-0.4, -0.2) is 46.4 Å². The predicted octanol–water partition coefficient (Wildman–Crippen LogP) is 4.42. The zero-order valence-corrected chi connectivity index (χ0v) is 20.4. The number of nitrogens with one attached hydrogen (secondary N) is 1. The molecule has 1 saturated heterocycles. The minimum atomic E-state index is -0.158. The van der Waals surface area contributed by atoms with Crippen molar-refractivity contribution in [3.8, 4) is 11.4 Å². The summed E-state index contributed by atoms with van der Waals surface area (Å²) in [7, 11) is 1.70. The van der Waals surface area contributed by atoms with E-state index in [0.29, 0.717) is 58.9 Å². The molecule has 9 heteroatoms. The Bertz CT molecular complexity index is 1190. The highest BCUT2D eigenvalue weighted by Crippen LogP contribution is 2.30. The van der Waals surface area contributed by atoms with E-state index in [2.05, 4.69) is 15.2 Å². The second-order valence-electron chi connectivity index (χ2n) is 7.94. The molecule has 3 heterocycles. The molecule has 1 N–H and O–H groups in total. The number of halogens is 2. The molecule has 0 amide bonds. The average molecular weight is 488 g/mol. The van der Waals surface area contributed by atoms with Gasteiger partial charge in [0.05, 0.1) is 22.9 Å². The summed E-state index contributed by atoms with van der Waals surface area (Å²) in [5.41, 5.74) is 1.68. The maximum absolute atomic E-state index is 13.4. The normalized spacial score (nSPS) is 18.0. The zero-order valence-electron chi connectivity index (χ0n) is 18.9. The van der Waals surface area contributed by atoms with Crippen LogP contribution in [0, 0.1) is 0 Å². The molecule has 174 valence electrons. The number of hydrogen-bond acceptors (Lipinski definition) is 6. The Kier molecular flexibility index (Phi) is 7.22. The van der Waals surface area contributed by atoms with Gasteiger partial charge in [-0.1, -0.05) is 36.2 Å². The molecule has 0 spiro atoms. The van der Waals surface area contributed by atoms with E-state index in [1.54, 1.807) is 31.4 Å². The molecule has 4 rings (SSSR count). The number of nitrogens with zero attached hydrogens (tertiary/aromatic N) is 4. The molecule has 7 nitrogen and oxygen atoms in total. The van der Waals surface area contributed by atoms with Crippen molar-refractivity contribution in [1.29, 1.82) is 0 Å². The fraction of sp³-hybridized carbons (Fsp3) is 0.375. The van der Waals surface area contributed by atoms with Crippen LogP contribution < -0.4 is 15.8 Å². The van der Waals surface area contributed by atoms with Gasteiger partial charge in [-0.3, -0.25) is 9.36 Å². The van der Waals surface area contributed by atoms with Crippen molar-refractivity contribution < 1.29 is 4.74 Å². The summed E-state index contributed by atoms with van der Waals surface area (Å²) in [6, 6.07) is 10.9. The van der Waals surface area contributed by atoms with Gasteiger partial charge in [-0.25, -0.2) is 9.97 Å². The number of hydrogen-bond donors (Lipinski definition) is 1. The predicted molar refractivity (Wildman–Crippen MR) is 134 cm³/mol. The fourth-order valence-corrected chi connectivity index (χ4v) is 4.66. The first kappa shape index (κ1) is 23.5. The van der Waals surface area contributed by atoms with Gasteiger partial charge >= 0.3 is 0 Å². The molecule has 1 aliphatic heterocycles. The van der Waals surface area contributed by atoms with Crippen molar-refractivity contribution in [3.05, 3.63) is 68.7 Å². The quantitative estimate of drug-likeness (QED) is 0.531. The zero-order chi connectivity index (χ0) is 23.5. The SMILES string of the molecule is CCOC1CN(c2ccccn2)CC1Nc1c(CC)nc(-c2ccc(Cl)cc2Cl)n(C)c1=O. The highest BCUT2D eigenvalue weighted by Gasteiger charge is 2.35. The van der Waals surface area contributed by atoms with Crippen molar-refractivity contribution in [1.82, 2.24) is 14.5 Å². The van der Waals surface area contributed by atoms with Crippen molar-refractivity contribution >= 4 is 34.7 Å². The Labute approximate surface area is 203 Å². The van der Waals surface area contributed by atoms with Gasteiger partial charge in [0.1, 0.15) is 17.3 Å². The van der Waals surface area contributed by atoms with Gasteiger partial charge in [0.15, 0.2) is 0 Å². The van der Waals surface area contributed by atoms with Crippen molar-refractivity contribution in [2.45, 2.75) is 32.4 Å². The summed E-state index contributed by atoms with van der Waals surface area (Å²) in [6.45, 7) is 5.90. The van der Waals surface area contributed by atoms with Gasteiger partial charge < -0.3 is 15.0 Å². The van der Waals surface area contributed by atoms with Gasteiger partial charge in [0, 0.05) is 43.5 Å². The second kappa shape index (κ2) is 10.1. The molecule has 2 unspecified atom stereocenters. The van der Waals surface area contributed by atoms with Gasteiger partial charge in [-0.15, -0.1) is 0 Å². The van der Waals surface area contributed by atoms with Crippen LogP contribution in [0.2, 0.25) is 10.0 Å². The fourth-order valence-electron chi connectivity index (χ4n) is 4.17. The first-order chi connectivity index (χ1) is 15.9. The average Bonchev–Trinajstić information content (AvgIpc) is 3.21. The Morgan fingerprint density at radius 1 is 1.18 bits per heavy atom. The van der Waals surface area contributed by atoms with Crippen LogP contribution in [0.1, 0.15) is 19.5 Å². The molecule has 1 fully saturated rings. The summed E-state index contributed by atoms with van der Waals surface area (Å²) >= 11 is 12.5. The maximum Gasteiger partial charge on any atom is 0.277 e. The third-order valence-corrected chi connectivity index (χ3v) is 6.37. The Hall–Kier alpha value is -2.61. The lowest BCUT2D eigenvalue weighted by Gasteiger charge is -2.22. The Balaban J connectivity index is 1.68. The van der Waals surface area contributed by atoms with Gasteiger partial charge in [-0.05, 0) is 43.7 Å². The molecule has 0 bridgehead atoms. The lowest BCUT2D eigenvalue weighted by molar-refractivity contribution is 0.0719. The summed E-state index contributed by atoms with van der Waals surface area (Å²) in [6.07, 6.45) is 2.28. The molecule has 1 aromatic carbocycles. The minimum absolute atomic E-state index is 0.0863. The monoisotopic (exact) mass is 487 g/mol. The number of benzene rings is 1. The van der Waals surface area contributed by atoms with Crippen LogP contribution in [0.5, 0.6) is 0 Å². The Morgan fingerprint density at radius 3 is 2.67 bits per heavy atom. The van der Waals surface area contributed by atoms with Crippen molar-refractivity contribution in [3.63, 3.8) is 0 Å². The van der Waals surface area contributed by atoms with E-state index in [4.69, 9.17) is 32.9 Å². The van der Waals surface area contributed by atoms with Crippen LogP contribution in [0.15, 0.2) is 47.4 Å². The van der Waals surface area contributed by atoms with Crippen LogP contribution in [-0.2, 0) is 18.2 Å². The number of pyridine rings is 1. The molecular formula is C24H27Cl2N5O2. The number of aromatic nitrogens is 3. The van der Waals surface area contributed by atoms with Crippen LogP contribution in [0.4, 0.5) is 11.5 Å². The smallest absolute Gasteiger partial charge is 0.277 e. The first-order valence-electron chi connectivity index (χ1n) is 11.0. The molecule has 3 aromatic rings. The molecule has 2 atom stereocenters. The maximum atomic E-state index is 13.4. The van der Waals surface area contributed by atoms with E-state index in [1.807, 2.05) is 32.0 Å². The third kappa shape index (κ3) is 4.86. The van der Waals surface area contributed by atoms with E-state index >= 15 is 0 Å². The molecular weight excluding hydrogens is 461 g/mol. The molecule has 0 saturated carbocycles. The number of rotatable bonds is 7. The van der Waals surface area contributed by atoms with Gasteiger partial charge in [0.25, 0.3) is 5.56 Å². The van der Waals surface area contributed by atoms with E-state index in [9.17, 15) is 4.79 Å². The largest absolute Gasteiger partial charge is 0.374 e. The van der Waals surface area contributed by atoms with E-state index in [-0.39, 0.29) is 17.7 Å². The third-order valence-electron chi connectivity index (χ3n) is 5.82. The molecule has 2 aromatic heterocycles. The number of anilines is 2.